The first kappa shape index (κ1) is 15.5. The van der Waals surface area contributed by atoms with E-state index in [1.54, 1.807) is 0 Å². The van der Waals surface area contributed by atoms with E-state index in [0.717, 1.165) is 43.9 Å². The van der Waals surface area contributed by atoms with Gasteiger partial charge < -0.3 is 5.32 Å². The lowest BCUT2D eigenvalue weighted by Crippen LogP contribution is -2.21. The van der Waals surface area contributed by atoms with Crippen molar-refractivity contribution in [2.45, 2.75) is 52.6 Å². The number of alkyl halides is 1. The SMILES string of the molecule is CCC(CC)n1ccc(CNCC(C)CCCl)n1. The molecular formula is C14H26ClN3. The Hall–Kier alpha value is -0.540. The van der Waals surface area contributed by atoms with Crippen LogP contribution >= 0.6 is 11.6 Å². The van der Waals surface area contributed by atoms with Gasteiger partial charge in [-0.3, -0.25) is 4.68 Å². The van der Waals surface area contributed by atoms with Crippen LogP contribution in [0.3, 0.4) is 0 Å². The first-order valence-corrected chi connectivity index (χ1v) is 7.55. The molecule has 1 aromatic heterocycles. The fourth-order valence-corrected chi connectivity index (χ4v) is 2.45. The van der Waals surface area contributed by atoms with Gasteiger partial charge in [-0.2, -0.15) is 5.10 Å². The van der Waals surface area contributed by atoms with E-state index in [1.165, 1.54) is 0 Å². The lowest BCUT2D eigenvalue weighted by Gasteiger charge is -2.12. The molecule has 0 saturated heterocycles. The summed E-state index contributed by atoms with van der Waals surface area (Å²) in [6.07, 6.45) is 5.43. The highest BCUT2D eigenvalue weighted by Gasteiger charge is 2.08. The van der Waals surface area contributed by atoms with E-state index in [-0.39, 0.29) is 0 Å². The van der Waals surface area contributed by atoms with Gasteiger partial charge in [0.15, 0.2) is 0 Å². The van der Waals surface area contributed by atoms with Crippen LogP contribution in [0.4, 0.5) is 0 Å². The minimum Gasteiger partial charge on any atom is -0.311 e. The van der Waals surface area contributed by atoms with Crippen molar-refractivity contribution in [1.82, 2.24) is 15.1 Å². The Kier molecular flexibility index (Phi) is 7.36. The zero-order valence-electron chi connectivity index (χ0n) is 11.8. The molecule has 18 heavy (non-hydrogen) atoms. The van der Waals surface area contributed by atoms with Crippen molar-refractivity contribution in [2.24, 2.45) is 5.92 Å². The van der Waals surface area contributed by atoms with E-state index < -0.39 is 0 Å². The second-order valence-corrected chi connectivity index (χ2v) is 5.35. The number of aromatic nitrogens is 2. The normalized spacial score (nSPS) is 13.2. The quantitative estimate of drug-likeness (QED) is 0.696. The number of nitrogens with one attached hydrogen (secondary N) is 1. The highest BCUT2D eigenvalue weighted by Crippen LogP contribution is 2.14. The zero-order chi connectivity index (χ0) is 13.4. The average molecular weight is 272 g/mol. The van der Waals surface area contributed by atoms with Crippen molar-refractivity contribution in [3.63, 3.8) is 0 Å². The molecule has 0 radical (unpaired) electrons. The second kappa shape index (κ2) is 8.54. The van der Waals surface area contributed by atoms with Crippen LogP contribution in [-0.4, -0.2) is 22.2 Å². The number of halogens is 1. The van der Waals surface area contributed by atoms with Gasteiger partial charge in [0.1, 0.15) is 0 Å². The number of nitrogens with zero attached hydrogens (tertiary/aromatic N) is 2. The second-order valence-electron chi connectivity index (χ2n) is 4.97. The summed E-state index contributed by atoms with van der Waals surface area (Å²) in [7, 11) is 0. The van der Waals surface area contributed by atoms with E-state index in [4.69, 9.17) is 11.6 Å². The molecule has 0 spiro atoms. The lowest BCUT2D eigenvalue weighted by atomic mass is 10.1. The molecule has 1 heterocycles. The summed E-state index contributed by atoms with van der Waals surface area (Å²) < 4.78 is 2.10. The highest BCUT2D eigenvalue weighted by atomic mass is 35.5. The summed E-state index contributed by atoms with van der Waals surface area (Å²) in [4.78, 5) is 0. The van der Waals surface area contributed by atoms with Gasteiger partial charge in [0.05, 0.1) is 11.7 Å². The van der Waals surface area contributed by atoms with Crippen molar-refractivity contribution in [3.8, 4) is 0 Å². The van der Waals surface area contributed by atoms with E-state index >= 15 is 0 Å². The van der Waals surface area contributed by atoms with Crippen LogP contribution in [0.1, 0.15) is 51.8 Å². The third-order valence-corrected chi connectivity index (χ3v) is 3.60. The van der Waals surface area contributed by atoms with Crippen LogP contribution in [0.15, 0.2) is 12.3 Å². The predicted molar refractivity (Wildman–Crippen MR) is 78.1 cm³/mol. The van der Waals surface area contributed by atoms with E-state index in [1.807, 2.05) is 0 Å². The van der Waals surface area contributed by atoms with Crippen LogP contribution in [0.25, 0.3) is 0 Å². The Balaban J connectivity index is 2.35. The van der Waals surface area contributed by atoms with Crippen molar-refractivity contribution in [1.29, 1.82) is 0 Å². The average Bonchev–Trinajstić information content (AvgIpc) is 2.80. The van der Waals surface area contributed by atoms with Crippen molar-refractivity contribution >= 4 is 11.6 Å². The van der Waals surface area contributed by atoms with E-state index in [2.05, 4.69) is 48.1 Å². The minimum absolute atomic E-state index is 0.536. The van der Waals surface area contributed by atoms with Crippen molar-refractivity contribution < 1.29 is 0 Å². The Morgan fingerprint density at radius 1 is 1.39 bits per heavy atom. The molecule has 1 atom stereocenters. The molecule has 1 aromatic rings. The maximum Gasteiger partial charge on any atom is 0.0762 e. The fourth-order valence-electron chi connectivity index (χ4n) is 2.07. The molecule has 0 aliphatic carbocycles. The van der Waals surface area contributed by atoms with Crippen LogP contribution < -0.4 is 5.32 Å². The Morgan fingerprint density at radius 2 is 2.11 bits per heavy atom. The first-order chi connectivity index (χ1) is 8.71. The molecule has 104 valence electrons. The summed E-state index contributed by atoms with van der Waals surface area (Å²) in [5, 5.41) is 8.06. The molecule has 1 rings (SSSR count). The molecule has 3 nitrogen and oxygen atoms in total. The van der Waals surface area contributed by atoms with Gasteiger partial charge in [-0.15, -0.1) is 11.6 Å². The Labute approximate surface area is 116 Å². The van der Waals surface area contributed by atoms with Crippen LogP contribution in [-0.2, 0) is 6.54 Å². The lowest BCUT2D eigenvalue weighted by molar-refractivity contribution is 0.422. The van der Waals surface area contributed by atoms with Gasteiger partial charge in [-0.05, 0) is 37.8 Å². The fraction of sp³-hybridized carbons (Fsp3) is 0.786. The summed E-state index contributed by atoms with van der Waals surface area (Å²) >= 11 is 5.72. The zero-order valence-corrected chi connectivity index (χ0v) is 12.6. The van der Waals surface area contributed by atoms with E-state index in [0.29, 0.717) is 12.0 Å². The molecule has 4 heteroatoms. The molecule has 0 aromatic carbocycles. The molecule has 0 amide bonds. The third kappa shape index (κ3) is 4.99. The van der Waals surface area contributed by atoms with Crippen molar-refractivity contribution in [2.75, 3.05) is 12.4 Å². The maximum absolute atomic E-state index is 5.72. The third-order valence-electron chi connectivity index (χ3n) is 3.38. The summed E-state index contributed by atoms with van der Waals surface area (Å²) in [5.74, 6) is 1.37. The van der Waals surface area contributed by atoms with Gasteiger partial charge in [-0.25, -0.2) is 0 Å². The number of hydrogen-bond donors (Lipinski definition) is 1. The van der Waals surface area contributed by atoms with Crippen molar-refractivity contribution in [3.05, 3.63) is 18.0 Å². The molecule has 0 fully saturated rings. The van der Waals surface area contributed by atoms with Gasteiger partial charge >= 0.3 is 0 Å². The molecule has 0 saturated carbocycles. The summed E-state index contributed by atoms with van der Waals surface area (Å²) in [6, 6.07) is 2.64. The predicted octanol–water partition coefficient (Wildman–Crippen LogP) is 3.60. The standard InChI is InChI=1S/C14H26ClN3/c1-4-14(5-2)18-9-7-13(17-18)11-16-10-12(3)6-8-15/h7,9,12,14,16H,4-6,8,10-11H2,1-3H3. The minimum atomic E-state index is 0.536. The maximum atomic E-state index is 5.72. The first-order valence-electron chi connectivity index (χ1n) is 7.01. The van der Waals surface area contributed by atoms with Gasteiger partial charge in [-0.1, -0.05) is 20.8 Å². The van der Waals surface area contributed by atoms with E-state index in [9.17, 15) is 0 Å². The van der Waals surface area contributed by atoms with Crippen LogP contribution in [0.5, 0.6) is 0 Å². The largest absolute Gasteiger partial charge is 0.311 e. The molecule has 0 aliphatic rings. The molecule has 1 N–H and O–H groups in total. The Bertz CT molecular complexity index is 321. The van der Waals surface area contributed by atoms with Crippen LogP contribution in [0, 0.1) is 5.92 Å². The molecule has 1 unspecified atom stereocenters. The smallest absolute Gasteiger partial charge is 0.0762 e. The van der Waals surface area contributed by atoms with Gasteiger partial charge in [0.2, 0.25) is 0 Å². The number of rotatable bonds is 9. The highest BCUT2D eigenvalue weighted by molar-refractivity contribution is 6.17. The topological polar surface area (TPSA) is 29.9 Å². The van der Waals surface area contributed by atoms with Gasteiger partial charge in [0, 0.05) is 18.6 Å². The number of hydrogen-bond acceptors (Lipinski definition) is 2. The summed E-state index contributed by atoms with van der Waals surface area (Å²) in [6.45, 7) is 8.49. The van der Waals surface area contributed by atoms with Gasteiger partial charge in [0.25, 0.3) is 0 Å². The van der Waals surface area contributed by atoms with Crippen LogP contribution in [0.2, 0.25) is 0 Å². The molecular weight excluding hydrogens is 246 g/mol. The molecule has 0 bridgehead atoms. The molecule has 0 aliphatic heterocycles. The Morgan fingerprint density at radius 3 is 2.72 bits per heavy atom. The monoisotopic (exact) mass is 271 g/mol. The summed E-state index contributed by atoms with van der Waals surface area (Å²) in [5.41, 5.74) is 1.12.